The Morgan fingerprint density at radius 1 is 0.964 bits per heavy atom. The molecule has 1 aromatic carbocycles. The van der Waals surface area contributed by atoms with Crippen LogP contribution in [-0.4, -0.2) is 57.6 Å². The summed E-state index contributed by atoms with van der Waals surface area (Å²) in [7, 11) is 0. The van der Waals surface area contributed by atoms with Gasteiger partial charge in [0.05, 0.1) is 24.1 Å². The molecule has 5 rings (SSSR count). The van der Waals surface area contributed by atoms with E-state index in [0.717, 1.165) is 56.1 Å². The molecule has 0 unspecified atom stereocenters. The normalized spacial score (nSPS) is 17.8. The highest BCUT2D eigenvalue weighted by atomic mass is 16.5. The first-order chi connectivity index (χ1) is 13.8. The summed E-state index contributed by atoms with van der Waals surface area (Å²) in [5.41, 5.74) is 2.14. The minimum absolute atomic E-state index is 0.704. The molecule has 1 saturated carbocycles. The van der Waals surface area contributed by atoms with E-state index in [9.17, 15) is 0 Å². The average molecular weight is 376 g/mol. The highest BCUT2D eigenvalue weighted by Crippen LogP contribution is 2.32. The number of nitrogens with zero attached hydrogens (tertiary/aromatic N) is 6. The number of hydrogen-bond acceptors (Lipinski definition) is 7. The molecule has 2 aromatic heterocycles. The Morgan fingerprint density at radius 2 is 1.79 bits per heavy atom. The lowest BCUT2D eigenvalue weighted by Crippen LogP contribution is -2.46. The van der Waals surface area contributed by atoms with Gasteiger partial charge in [-0.15, -0.1) is 0 Å². The molecule has 2 aliphatic rings. The molecule has 2 fully saturated rings. The topological polar surface area (TPSA) is 67.3 Å². The molecule has 0 radical (unpaired) electrons. The van der Waals surface area contributed by atoms with Crippen molar-refractivity contribution in [2.24, 2.45) is 5.92 Å². The molecule has 28 heavy (non-hydrogen) atoms. The van der Waals surface area contributed by atoms with Crippen LogP contribution < -0.4 is 9.64 Å². The van der Waals surface area contributed by atoms with Crippen molar-refractivity contribution in [2.75, 3.05) is 37.7 Å². The van der Waals surface area contributed by atoms with Crippen molar-refractivity contribution >= 4 is 16.6 Å². The first-order valence-electron chi connectivity index (χ1n) is 9.96. The number of aromatic nitrogens is 4. The van der Waals surface area contributed by atoms with E-state index >= 15 is 0 Å². The van der Waals surface area contributed by atoms with Gasteiger partial charge >= 0.3 is 0 Å². The van der Waals surface area contributed by atoms with Gasteiger partial charge in [0.25, 0.3) is 0 Å². The van der Waals surface area contributed by atoms with Gasteiger partial charge in [0.1, 0.15) is 12.2 Å². The Hall–Kier alpha value is -2.80. The summed E-state index contributed by atoms with van der Waals surface area (Å²) < 4.78 is 5.98. The van der Waals surface area contributed by atoms with Crippen LogP contribution in [0.4, 0.5) is 5.69 Å². The Bertz CT molecular complexity index is 938. The second-order valence-corrected chi connectivity index (χ2v) is 7.56. The molecule has 0 spiro atoms. The summed E-state index contributed by atoms with van der Waals surface area (Å²) in [6, 6.07) is 8.25. The molecular formula is C21H24N6O. The molecule has 1 aliphatic heterocycles. The van der Waals surface area contributed by atoms with Gasteiger partial charge in [-0.2, -0.15) is 0 Å². The van der Waals surface area contributed by atoms with Crippen molar-refractivity contribution in [1.82, 2.24) is 24.8 Å². The summed E-state index contributed by atoms with van der Waals surface area (Å²) in [5.74, 6) is 2.30. The minimum atomic E-state index is 0.704. The van der Waals surface area contributed by atoms with Gasteiger partial charge in [0.15, 0.2) is 0 Å². The van der Waals surface area contributed by atoms with Gasteiger partial charge in [-0.25, -0.2) is 19.9 Å². The second-order valence-electron chi connectivity index (χ2n) is 7.56. The third-order valence-electron chi connectivity index (χ3n) is 5.46. The van der Waals surface area contributed by atoms with Crippen LogP contribution in [0.2, 0.25) is 0 Å². The fraction of sp³-hybridized carbons (Fsp3) is 0.429. The van der Waals surface area contributed by atoms with Crippen molar-refractivity contribution in [3.63, 3.8) is 0 Å². The Morgan fingerprint density at radius 3 is 2.57 bits per heavy atom. The summed E-state index contributed by atoms with van der Waals surface area (Å²) in [6.45, 7) is 5.50. The third-order valence-corrected chi connectivity index (χ3v) is 5.46. The van der Waals surface area contributed by atoms with Crippen LogP contribution >= 0.6 is 0 Å². The van der Waals surface area contributed by atoms with Crippen LogP contribution in [0.3, 0.4) is 0 Å². The van der Waals surface area contributed by atoms with E-state index in [1.807, 2.05) is 6.07 Å². The first kappa shape index (κ1) is 17.3. The molecule has 0 amide bonds. The number of piperazine rings is 1. The van der Waals surface area contributed by atoms with Crippen molar-refractivity contribution < 1.29 is 4.74 Å². The largest absolute Gasteiger partial charge is 0.477 e. The summed E-state index contributed by atoms with van der Waals surface area (Å²) in [5, 5.41) is 1.00. The number of ether oxygens (including phenoxy) is 1. The standard InChI is InChI=1S/C21H24N6O/c1-6-22-20(23-7-1)13-26-8-10-27(11-9-26)17-4-5-19-18(12-17)21(25-15-24-19)28-14-16-2-3-16/h1,4-7,12,15-16H,2-3,8-11,13-14H2. The molecule has 3 heterocycles. The molecule has 1 saturated heterocycles. The van der Waals surface area contributed by atoms with Gasteiger partial charge in [-0.05, 0) is 43.0 Å². The first-order valence-corrected chi connectivity index (χ1v) is 9.96. The monoisotopic (exact) mass is 376 g/mol. The lowest BCUT2D eigenvalue weighted by Gasteiger charge is -2.35. The summed E-state index contributed by atoms with van der Waals surface area (Å²) in [4.78, 5) is 22.3. The average Bonchev–Trinajstić information content (AvgIpc) is 3.58. The van der Waals surface area contributed by atoms with Gasteiger partial charge in [0, 0.05) is 44.3 Å². The highest BCUT2D eigenvalue weighted by Gasteiger charge is 2.23. The molecule has 1 aliphatic carbocycles. The number of hydrogen-bond donors (Lipinski definition) is 0. The molecule has 0 N–H and O–H groups in total. The SMILES string of the molecule is c1cnc(CN2CCN(c3ccc4ncnc(OCC5CC5)c4c3)CC2)nc1. The quantitative estimate of drug-likeness (QED) is 0.655. The fourth-order valence-electron chi connectivity index (χ4n) is 3.59. The predicted octanol–water partition coefficient (Wildman–Crippen LogP) is 2.53. The van der Waals surface area contributed by atoms with E-state index < -0.39 is 0 Å². The predicted molar refractivity (Wildman–Crippen MR) is 107 cm³/mol. The second kappa shape index (κ2) is 7.67. The van der Waals surface area contributed by atoms with E-state index in [1.165, 1.54) is 18.5 Å². The van der Waals surface area contributed by atoms with E-state index in [-0.39, 0.29) is 0 Å². The Kier molecular flexibility index (Phi) is 4.74. The van der Waals surface area contributed by atoms with Crippen LogP contribution in [0.1, 0.15) is 18.7 Å². The molecule has 7 heteroatoms. The zero-order valence-corrected chi connectivity index (χ0v) is 15.9. The lowest BCUT2D eigenvalue weighted by molar-refractivity contribution is 0.244. The Balaban J connectivity index is 1.27. The number of rotatable bonds is 6. The van der Waals surface area contributed by atoms with Gasteiger partial charge < -0.3 is 9.64 Å². The maximum atomic E-state index is 5.98. The molecule has 3 aromatic rings. The fourth-order valence-corrected chi connectivity index (χ4v) is 3.59. The zero-order valence-electron chi connectivity index (χ0n) is 15.9. The van der Waals surface area contributed by atoms with Crippen LogP contribution in [0.25, 0.3) is 10.9 Å². The van der Waals surface area contributed by atoms with Crippen LogP contribution in [0, 0.1) is 5.92 Å². The van der Waals surface area contributed by atoms with Crippen molar-refractivity contribution in [1.29, 1.82) is 0 Å². The van der Waals surface area contributed by atoms with Crippen LogP contribution in [0.5, 0.6) is 5.88 Å². The molecule has 0 bridgehead atoms. The van der Waals surface area contributed by atoms with E-state index in [2.05, 4.69) is 47.9 Å². The smallest absolute Gasteiger partial charge is 0.224 e. The van der Waals surface area contributed by atoms with Crippen molar-refractivity contribution in [3.05, 3.63) is 48.8 Å². The van der Waals surface area contributed by atoms with Crippen molar-refractivity contribution in [2.45, 2.75) is 19.4 Å². The number of fused-ring (bicyclic) bond motifs is 1. The maximum Gasteiger partial charge on any atom is 0.224 e. The van der Waals surface area contributed by atoms with Crippen LogP contribution in [0.15, 0.2) is 43.0 Å². The molecular weight excluding hydrogens is 352 g/mol. The summed E-state index contributed by atoms with van der Waals surface area (Å²) >= 11 is 0. The Labute approximate surface area is 164 Å². The highest BCUT2D eigenvalue weighted by molar-refractivity contribution is 5.86. The maximum absolute atomic E-state index is 5.98. The number of anilines is 1. The number of benzene rings is 1. The van der Waals surface area contributed by atoms with Crippen molar-refractivity contribution in [3.8, 4) is 5.88 Å². The zero-order chi connectivity index (χ0) is 18.8. The van der Waals surface area contributed by atoms with Gasteiger partial charge in [-0.1, -0.05) is 0 Å². The molecule has 7 nitrogen and oxygen atoms in total. The lowest BCUT2D eigenvalue weighted by atomic mass is 10.2. The van der Waals surface area contributed by atoms with Crippen LogP contribution in [-0.2, 0) is 6.54 Å². The van der Waals surface area contributed by atoms with Gasteiger partial charge in [-0.3, -0.25) is 4.90 Å². The molecule has 0 atom stereocenters. The van der Waals surface area contributed by atoms with E-state index in [4.69, 9.17) is 4.74 Å². The minimum Gasteiger partial charge on any atom is -0.477 e. The van der Waals surface area contributed by atoms with E-state index in [1.54, 1.807) is 18.7 Å². The third kappa shape index (κ3) is 3.89. The molecule has 144 valence electrons. The van der Waals surface area contributed by atoms with E-state index in [0.29, 0.717) is 11.8 Å². The van der Waals surface area contributed by atoms with Gasteiger partial charge in [0.2, 0.25) is 5.88 Å². The summed E-state index contributed by atoms with van der Waals surface area (Å²) in [6.07, 6.45) is 7.74.